The molecule has 0 unspecified atom stereocenters. The molecule has 2 aromatic rings. The van der Waals surface area contributed by atoms with Crippen LogP contribution in [0.4, 0.5) is 5.69 Å². The summed E-state index contributed by atoms with van der Waals surface area (Å²) >= 11 is 11.7. The van der Waals surface area contributed by atoms with Crippen molar-refractivity contribution in [3.8, 4) is 11.1 Å². The van der Waals surface area contributed by atoms with Gasteiger partial charge in [-0.25, -0.2) is 0 Å². The molecule has 0 atom stereocenters. The zero-order valence-corrected chi connectivity index (χ0v) is 10.1. The highest BCUT2D eigenvalue weighted by Gasteiger charge is 2.22. The van der Waals surface area contributed by atoms with Crippen LogP contribution in [0.2, 0.25) is 10.0 Å². The summed E-state index contributed by atoms with van der Waals surface area (Å²) in [5, 5.41) is 11.2. The second-order valence-electron chi connectivity index (χ2n) is 3.38. The molecule has 0 spiro atoms. The number of nitro groups is 1. The minimum absolute atomic E-state index is 0.0296. The van der Waals surface area contributed by atoms with Crippen molar-refractivity contribution >= 4 is 28.9 Å². The Morgan fingerprint density at radius 2 is 1.65 bits per heavy atom. The molecular formula is C12H7Cl2NO2. The van der Waals surface area contributed by atoms with E-state index in [0.29, 0.717) is 5.56 Å². The molecule has 0 aliphatic carbocycles. The van der Waals surface area contributed by atoms with Crippen molar-refractivity contribution in [3.05, 3.63) is 62.6 Å². The average molecular weight is 268 g/mol. The largest absolute Gasteiger partial charge is 0.297 e. The summed E-state index contributed by atoms with van der Waals surface area (Å²) in [6.45, 7) is 0. The van der Waals surface area contributed by atoms with Crippen molar-refractivity contribution in [3.63, 3.8) is 0 Å². The van der Waals surface area contributed by atoms with Crippen LogP contribution in [0.5, 0.6) is 0 Å². The van der Waals surface area contributed by atoms with E-state index >= 15 is 0 Å². The third kappa shape index (κ3) is 2.25. The SMILES string of the molecule is O=[N+]([O-])c1c(-c2ccccc2)ccc(Cl)c1Cl. The molecule has 0 N–H and O–H groups in total. The Balaban J connectivity index is 2.71. The molecule has 86 valence electrons. The van der Waals surface area contributed by atoms with Gasteiger partial charge < -0.3 is 0 Å². The summed E-state index contributed by atoms with van der Waals surface area (Å²) in [7, 11) is 0. The standard InChI is InChI=1S/C12H7Cl2NO2/c13-10-7-6-9(8-4-2-1-3-5-8)12(11(10)14)15(16)17/h1-7H. The number of benzene rings is 2. The maximum Gasteiger partial charge on any atom is 0.297 e. The highest BCUT2D eigenvalue weighted by Crippen LogP contribution is 2.39. The van der Waals surface area contributed by atoms with Crippen LogP contribution in [0.1, 0.15) is 0 Å². The molecule has 0 heterocycles. The zero-order chi connectivity index (χ0) is 12.4. The van der Waals surface area contributed by atoms with Crippen LogP contribution in [-0.2, 0) is 0 Å². The van der Waals surface area contributed by atoms with Gasteiger partial charge >= 0.3 is 0 Å². The van der Waals surface area contributed by atoms with E-state index < -0.39 is 4.92 Å². The van der Waals surface area contributed by atoms with Crippen LogP contribution in [0, 0.1) is 10.1 Å². The maximum atomic E-state index is 11.0. The number of nitrogens with zero attached hydrogens (tertiary/aromatic N) is 1. The molecule has 0 aliphatic rings. The molecule has 0 aliphatic heterocycles. The summed E-state index contributed by atoms with van der Waals surface area (Å²) < 4.78 is 0. The molecule has 0 radical (unpaired) electrons. The first-order valence-electron chi connectivity index (χ1n) is 4.79. The summed E-state index contributed by atoms with van der Waals surface area (Å²) in [4.78, 5) is 10.5. The predicted octanol–water partition coefficient (Wildman–Crippen LogP) is 4.57. The van der Waals surface area contributed by atoms with E-state index in [0.717, 1.165) is 5.56 Å². The fraction of sp³-hybridized carbons (Fsp3) is 0. The Morgan fingerprint density at radius 3 is 2.24 bits per heavy atom. The van der Waals surface area contributed by atoms with E-state index in [1.54, 1.807) is 24.3 Å². The molecule has 0 aromatic heterocycles. The number of nitro benzene ring substituents is 1. The molecule has 2 aromatic carbocycles. The summed E-state index contributed by atoms with van der Waals surface area (Å²) in [5.41, 5.74) is 1.04. The van der Waals surface area contributed by atoms with Crippen LogP contribution in [0.3, 0.4) is 0 Å². The predicted molar refractivity (Wildman–Crippen MR) is 68.6 cm³/mol. The Labute approximate surface area is 108 Å². The topological polar surface area (TPSA) is 43.1 Å². The van der Waals surface area contributed by atoms with Gasteiger partial charge in [-0.15, -0.1) is 0 Å². The molecule has 2 rings (SSSR count). The number of hydrogen-bond acceptors (Lipinski definition) is 2. The van der Waals surface area contributed by atoms with Gasteiger partial charge in [-0.1, -0.05) is 53.5 Å². The number of rotatable bonds is 2. The first-order valence-corrected chi connectivity index (χ1v) is 5.54. The quantitative estimate of drug-likeness (QED) is 0.591. The molecule has 0 saturated heterocycles. The Kier molecular flexibility index (Phi) is 3.31. The highest BCUT2D eigenvalue weighted by atomic mass is 35.5. The monoisotopic (exact) mass is 267 g/mol. The Bertz CT molecular complexity index is 570. The van der Waals surface area contributed by atoms with Gasteiger partial charge in [0.25, 0.3) is 5.69 Å². The van der Waals surface area contributed by atoms with Gasteiger partial charge in [0.15, 0.2) is 0 Å². The van der Waals surface area contributed by atoms with Crippen LogP contribution in [0.25, 0.3) is 11.1 Å². The molecule has 17 heavy (non-hydrogen) atoms. The van der Waals surface area contributed by atoms with Crippen molar-refractivity contribution in [2.24, 2.45) is 0 Å². The first-order chi connectivity index (χ1) is 8.11. The van der Waals surface area contributed by atoms with E-state index in [1.807, 2.05) is 18.2 Å². The van der Waals surface area contributed by atoms with Crippen LogP contribution in [0.15, 0.2) is 42.5 Å². The molecule has 0 bridgehead atoms. The lowest BCUT2D eigenvalue weighted by Gasteiger charge is -2.05. The second-order valence-corrected chi connectivity index (χ2v) is 4.17. The fourth-order valence-electron chi connectivity index (χ4n) is 1.57. The molecule has 0 amide bonds. The third-order valence-electron chi connectivity index (χ3n) is 2.34. The van der Waals surface area contributed by atoms with E-state index in [9.17, 15) is 10.1 Å². The summed E-state index contributed by atoms with van der Waals surface area (Å²) in [5.74, 6) is 0. The normalized spacial score (nSPS) is 10.2. The average Bonchev–Trinajstić information content (AvgIpc) is 2.33. The van der Waals surface area contributed by atoms with Crippen LogP contribution >= 0.6 is 23.2 Å². The summed E-state index contributed by atoms with van der Waals surface area (Å²) in [6, 6.07) is 12.2. The zero-order valence-electron chi connectivity index (χ0n) is 8.56. The Hall–Kier alpha value is -1.58. The van der Waals surface area contributed by atoms with Crippen molar-refractivity contribution in [1.29, 1.82) is 0 Å². The van der Waals surface area contributed by atoms with E-state index in [1.165, 1.54) is 0 Å². The van der Waals surface area contributed by atoms with E-state index in [4.69, 9.17) is 23.2 Å². The molecule has 5 heteroatoms. The molecule has 3 nitrogen and oxygen atoms in total. The number of halogens is 2. The smallest absolute Gasteiger partial charge is 0.258 e. The van der Waals surface area contributed by atoms with Gasteiger partial charge in [-0.2, -0.15) is 0 Å². The lowest BCUT2D eigenvalue weighted by Crippen LogP contribution is -1.93. The van der Waals surface area contributed by atoms with Gasteiger partial charge in [-0.05, 0) is 17.7 Å². The van der Waals surface area contributed by atoms with E-state index in [2.05, 4.69) is 0 Å². The van der Waals surface area contributed by atoms with Gasteiger partial charge in [-0.3, -0.25) is 10.1 Å². The third-order valence-corrected chi connectivity index (χ3v) is 3.13. The maximum absolute atomic E-state index is 11.0. The van der Waals surface area contributed by atoms with Crippen LogP contribution < -0.4 is 0 Å². The minimum Gasteiger partial charge on any atom is -0.258 e. The minimum atomic E-state index is -0.517. The van der Waals surface area contributed by atoms with Crippen molar-refractivity contribution in [2.75, 3.05) is 0 Å². The van der Waals surface area contributed by atoms with Gasteiger partial charge in [0.05, 0.1) is 15.5 Å². The molecule has 0 saturated carbocycles. The fourth-order valence-corrected chi connectivity index (χ4v) is 1.96. The Morgan fingerprint density at radius 1 is 1.00 bits per heavy atom. The first kappa shape index (κ1) is 11.9. The van der Waals surface area contributed by atoms with Gasteiger partial charge in [0.1, 0.15) is 5.02 Å². The van der Waals surface area contributed by atoms with Gasteiger partial charge in [0, 0.05) is 0 Å². The van der Waals surface area contributed by atoms with Crippen molar-refractivity contribution < 1.29 is 4.92 Å². The van der Waals surface area contributed by atoms with Crippen LogP contribution in [-0.4, -0.2) is 4.92 Å². The number of hydrogen-bond donors (Lipinski definition) is 0. The van der Waals surface area contributed by atoms with Crippen molar-refractivity contribution in [2.45, 2.75) is 0 Å². The summed E-state index contributed by atoms with van der Waals surface area (Å²) in [6.07, 6.45) is 0. The lowest BCUT2D eigenvalue weighted by atomic mass is 10.0. The van der Waals surface area contributed by atoms with E-state index in [-0.39, 0.29) is 15.7 Å². The molecular weight excluding hydrogens is 261 g/mol. The van der Waals surface area contributed by atoms with Gasteiger partial charge in [0.2, 0.25) is 0 Å². The second kappa shape index (κ2) is 4.73. The molecule has 0 fully saturated rings. The highest BCUT2D eigenvalue weighted by molar-refractivity contribution is 6.43. The lowest BCUT2D eigenvalue weighted by molar-refractivity contribution is -0.384. The van der Waals surface area contributed by atoms with Crippen molar-refractivity contribution in [1.82, 2.24) is 0 Å².